The Morgan fingerprint density at radius 3 is 2.29 bits per heavy atom. The normalized spacial score (nSPS) is 11.4. The van der Waals surface area contributed by atoms with Gasteiger partial charge in [0.05, 0.1) is 5.56 Å². The maximum Gasteiger partial charge on any atom is 0.175 e. The monoisotopic (exact) mass is 320 g/mol. The van der Waals surface area contributed by atoms with E-state index in [1.807, 2.05) is 55.0 Å². The first-order valence-electron chi connectivity index (χ1n) is 6.17. The molecule has 3 N–H and O–H groups in total. The highest BCUT2D eigenvalue weighted by Gasteiger charge is 2.15. The summed E-state index contributed by atoms with van der Waals surface area (Å²) in [7, 11) is 0. The number of nitrogens with zero attached hydrogens (tertiary/aromatic N) is 1. The molecule has 0 fully saturated rings. The second-order valence-corrected chi connectivity index (χ2v) is 5.77. The van der Waals surface area contributed by atoms with Crippen molar-refractivity contribution in [2.24, 2.45) is 10.9 Å². The average molecular weight is 320 g/mol. The molecule has 0 aliphatic carbocycles. The highest BCUT2D eigenvalue weighted by Crippen LogP contribution is 2.35. The Morgan fingerprint density at radius 1 is 1.00 bits per heavy atom. The number of benzene rings is 2. The molecule has 0 bridgehead atoms. The summed E-state index contributed by atoms with van der Waals surface area (Å²) in [4.78, 5) is 1.92. The summed E-state index contributed by atoms with van der Waals surface area (Å²) in [5, 5.41) is 12.1. The number of amidine groups is 1. The predicted octanol–water partition coefficient (Wildman–Crippen LogP) is 4.02. The van der Waals surface area contributed by atoms with Gasteiger partial charge in [-0.1, -0.05) is 23.4 Å². The van der Waals surface area contributed by atoms with Crippen LogP contribution in [-0.4, -0.2) is 23.6 Å². The number of nitrogens with two attached hydrogens (primary N) is 1. The van der Waals surface area contributed by atoms with E-state index in [-0.39, 0.29) is 5.84 Å². The minimum atomic E-state index is 0.0385. The zero-order chi connectivity index (χ0) is 15.2. The lowest BCUT2D eigenvalue weighted by Crippen LogP contribution is -2.15. The van der Waals surface area contributed by atoms with E-state index in [1.54, 1.807) is 11.8 Å². The summed E-state index contributed by atoms with van der Waals surface area (Å²) in [6, 6.07) is 13.4. The number of para-hydroxylation sites is 1. The summed E-state index contributed by atoms with van der Waals surface area (Å²) in [6.45, 7) is 0. The van der Waals surface area contributed by atoms with Gasteiger partial charge in [-0.3, -0.25) is 0 Å². The Hall–Kier alpha value is -1.79. The molecule has 0 spiro atoms. The Kier molecular flexibility index (Phi) is 5.41. The third kappa shape index (κ3) is 3.46. The van der Waals surface area contributed by atoms with Gasteiger partial charge in [0.15, 0.2) is 5.84 Å². The molecule has 4 nitrogen and oxygen atoms in total. The molecule has 110 valence electrons. The lowest BCUT2D eigenvalue weighted by Gasteiger charge is -2.15. The van der Waals surface area contributed by atoms with Crippen molar-refractivity contribution in [3.05, 3.63) is 48.0 Å². The minimum Gasteiger partial charge on any atom is -0.455 e. The number of ether oxygens (including phenoxy) is 1. The van der Waals surface area contributed by atoms with E-state index in [0.29, 0.717) is 11.3 Å². The van der Waals surface area contributed by atoms with Crippen LogP contribution in [0.15, 0.2) is 57.4 Å². The highest BCUT2D eigenvalue weighted by atomic mass is 32.2. The van der Waals surface area contributed by atoms with E-state index in [9.17, 15) is 0 Å². The fraction of sp³-hybridized carbons (Fsp3) is 0.133. The zero-order valence-electron chi connectivity index (χ0n) is 11.7. The number of rotatable bonds is 5. The number of hydrogen-bond acceptors (Lipinski definition) is 5. The van der Waals surface area contributed by atoms with Gasteiger partial charge >= 0.3 is 0 Å². The van der Waals surface area contributed by atoms with Crippen molar-refractivity contribution < 1.29 is 9.94 Å². The van der Waals surface area contributed by atoms with Gasteiger partial charge in [-0.15, -0.1) is 23.5 Å². The summed E-state index contributed by atoms with van der Waals surface area (Å²) in [6.07, 6.45) is 3.92. The van der Waals surface area contributed by atoms with Gasteiger partial charge < -0.3 is 15.7 Å². The van der Waals surface area contributed by atoms with Crippen LogP contribution in [0, 0.1) is 0 Å². The van der Waals surface area contributed by atoms with E-state index in [2.05, 4.69) is 5.16 Å². The number of hydrogen-bond donors (Lipinski definition) is 2. The van der Waals surface area contributed by atoms with Crippen LogP contribution in [0.4, 0.5) is 0 Å². The van der Waals surface area contributed by atoms with Crippen LogP contribution >= 0.6 is 23.5 Å². The van der Waals surface area contributed by atoms with Crippen LogP contribution in [-0.2, 0) is 0 Å². The molecule has 6 heteroatoms. The highest BCUT2D eigenvalue weighted by molar-refractivity contribution is 7.99. The Bertz CT molecular complexity index is 660. The molecule has 2 rings (SSSR count). The first-order chi connectivity index (χ1) is 10.2. The molecule has 0 aliphatic rings. The smallest absolute Gasteiger partial charge is 0.175 e. The van der Waals surface area contributed by atoms with E-state index in [4.69, 9.17) is 15.7 Å². The molecule has 0 saturated carbocycles. The van der Waals surface area contributed by atoms with Gasteiger partial charge in [0, 0.05) is 9.79 Å². The van der Waals surface area contributed by atoms with E-state index in [0.717, 1.165) is 15.5 Å². The Morgan fingerprint density at radius 2 is 1.62 bits per heavy atom. The van der Waals surface area contributed by atoms with Crippen molar-refractivity contribution in [2.75, 3.05) is 12.5 Å². The topological polar surface area (TPSA) is 67.8 Å². The SMILES string of the molecule is CSc1ccccc1Oc1cccc(SC)c1/C(N)=N/O. The van der Waals surface area contributed by atoms with Crippen LogP contribution in [0.3, 0.4) is 0 Å². The van der Waals surface area contributed by atoms with Gasteiger partial charge in [-0.25, -0.2) is 0 Å². The van der Waals surface area contributed by atoms with E-state index in [1.165, 1.54) is 11.8 Å². The number of oxime groups is 1. The summed E-state index contributed by atoms with van der Waals surface area (Å²) >= 11 is 3.12. The predicted molar refractivity (Wildman–Crippen MR) is 89.0 cm³/mol. The quantitative estimate of drug-likeness (QED) is 0.286. The summed E-state index contributed by atoms with van der Waals surface area (Å²) in [5.41, 5.74) is 6.40. The van der Waals surface area contributed by atoms with Crippen LogP contribution in [0.25, 0.3) is 0 Å². The first kappa shape index (κ1) is 15.6. The fourth-order valence-corrected chi connectivity index (χ4v) is 3.04. The van der Waals surface area contributed by atoms with Gasteiger partial charge in [0.1, 0.15) is 11.5 Å². The van der Waals surface area contributed by atoms with Crippen LogP contribution < -0.4 is 10.5 Å². The molecule has 21 heavy (non-hydrogen) atoms. The molecule has 0 atom stereocenters. The molecule has 0 aromatic heterocycles. The fourth-order valence-electron chi connectivity index (χ4n) is 1.89. The van der Waals surface area contributed by atoms with Crippen LogP contribution in [0.5, 0.6) is 11.5 Å². The van der Waals surface area contributed by atoms with Crippen molar-refractivity contribution in [1.29, 1.82) is 0 Å². The summed E-state index contributed by atoms with van der Waals surface area (Å²) in [5.74, 6) is 1.35. The third-order valence-corrected chi connectivity index (χ3v) is 4.42. The van der Waals surface area contributed by atoms with Crippen molar-refractivity contribution in [1.82, 2.24) is 0 Å². The van der Waals surface area contributed by atoms with Gasteiger partial charge in [-0.2, -0.15) is 0 Å². The van der Waals surface area contributed by atoms with Gasteiger partial charge in [0.25, 0.3) is 0 Å². The van der Waals surface area contributed by atoms with Crippen molar-refractivity contribution in [3.8, 4) is 11.5 Å². The van der Waals surface area contributed by atoms with E-state index >= 15 is 0 Å². The molecule has 0 saturated heterocycles. The third-order valence-electron chi connectivity index (χ3n) is 2.86. The molecule has 0 radical (unpaired) electrons. The molecule has 0 heterocycles. The van der Waals surface area contributed by atoms with Crippen LogP contribution in [0.1, 0.15) is 5.56 Å². The Labute approximate surface area is 132 Å². The maximum absolute atomic E-state index is 8.99. The minimum absolute atomic E-state index is 0.0385. The molecule has 2 aromatic rings. The second kappa shape index (κ2) is 7.28. The van der Waals surface area contributed by atoms with Crippen LogP contribution in [0.2, 0.25) is 0 Å². The molecule has 0 aliphatic heterocycles. The molecular weight excluding hydrogens is 304 g/mol. The van der Waals surface area contributed by atoms with Crippen molar-refractivity contribution in [2.45, 2.75) is 9.79 Å². The summed E-state index contributed by atoms with van der Waals surface area (Å²) < 4.78 is 5.99. The first-order valence-corrected chi connectivity index (χ1v) is 8.62. The average Bonchev–Trinajstić information content (AvgIpc) is 2.54. The molecular formula is C15H16N2O2S2. The maximum atomic E-state index is 8.99. The van der Waals surface area contributed by atoms with Gasteiger partial charge in [-0.05, 0) is 36.8 Å². The second-order valence-electron chi connectivity index (χ2n) is 4.07. The number of thioether (sulfide) groups is 2. The van der Waals surface area contributed by atoms with E-state index < -0.39 is 0 Å². The lowest BCUT2D eigenvalue weighted by atomic mass is 10.2. The standard InChI is InChI=1S/C15H16N2O2S2/c1-20-12-8-4-3-6-10(12)19-11-7-5-9-13(21-2)14(11)15(16)17-18/h3-9,18H,1-2H3,(H2,16,17). The molecule has 0 amide bonds. The lowest BCUT2D eigenvalue weighted by molar-refractivity contribution is 0.318. The van der Waals surface area contributed by atoms with Crippen molar-refractivity contribution in [3.63, 3.8) is 0 Å². The molecule has 0 unspecified atom stereocenters. The largest absolute Gasteiger partial charge is 0.455 e. The zero-order valence-corrected chi connectivity index (χ0v) is 13.4. The van der Waals surface area contributed by atoms with Crippen molar-refractivity contribution >= 4 is 29.4 Å². The van der Waals surface area contributed by atoms with Gasteiger partial charge in [0.2, 0.25) is 0 Å². The Balaban J connectivity index is 2.49. The molecule has 2 aromatic carbocycles.